The lowest BCUT2D eigenvalue weighted by Crippen LogP contribution is -2.41. The van der Waals surface area contributed by atoms with Crippen LogP contribution in [0.2, 0.25) is 0 Å². The largest absolute Gasteiger partial charge is 0.444 e. The third-order valence-corrected chi connectivity index (χ3v) is 8.55. The number of hydrogen-bond donors (Lipinski definition) is 2. The zero-order valence-corrected chi connectivity index (χ0v) is 23.8. The van der Waals surface area contributed by atoms with Gasteiger partial charge in [-0.2, -0.15) is 9.40 Å². The first-order valence-electron chi connectivity index (χ1n) is 12.7. The normalized spacial score (nSPS) is 21.8. The molecule has 10 nitrogen and oxygen atoms in total. The van der Waals surface area contributed by atoms with Crippen molar-refractivity contribution in [3.63, 3.8) is 0 Å². The average Bonchev–Trinajstić information content (AvgIpc) is 3.43. The molecule has 0 radical (unpaired) electrons. The topological polar surface area (TPSA) is 115 Å². The smallest absolute Gasteiger partial charge is 0.407 e. The highest BCUT2D eigenvalue weighted by atomic mass is 32.2. The molecule has 0 saturated carbocycles. The first-order chi connectivity index (χ1) is 17.1. The first kappa shape index (κ1) is 27.4. The summed E-state index contributed by atoms with van der Waals surface area (Å²) in [5, 5.41) is 10.9. The van der Waals surface area contributed by atoms with E-state index in [1.54, 1.807) is 12.1 Å². The molecule has 0 aliphatic carbocycles. The Balaban J connectivity index is 1.59. The van der Waals surface area contributed by atoms with Crippen LogP contribution in [0.15, 0.2) is 29.2 Å². The highest BCUT2D eigenvalue weighted by Crippen LogP contribution is 2.40. The van der Waals surface area contributed by atoms with Crippen LogP contribution in [0.25, 0.3) is 0 Å². The molecule has 2 N–H and O–H groups in total. The standard InChI is InChI=1S/C26H39N5O5S/c1-16(2)27-24(32)36-17-12-21(35-15-17)20-13-23(29-31(20)26(6,7)8)28-19-10-9-11-22-18(19)14-30(25(3,4)5)37(22,33)34/h9-11,13,16-17,21H,12,14-15H2,1-8H3,(H,27,32)(H,28,29)/t17-,21?/m0/s1. The summed E-state index contributed by atoms with van der Waals surface area (Å²) in [4.78, 5) is 12.4. The highest BCUT2D eigenvalue weighted by Gasteiger charge is 2.42. The van der Waals surface area contributed by atoms with Gasteiger partial charge in [-0.15, -0.1) is 0 Å². The van der Waals surface area contributed by atoms with E-state index in [1.165, 1.54) is 4.31 Å². The highest BCUT2D eigenvalue weighted by molar-refractivity contribution is 7.89. The SMILES string of the molecule is CC(C)NC(=O)O[C@@H]1COC(c2cc(Nc3cccc4c3CN(C(C)(C)C)S4(=O)=O)nn2C(C)(C)C)C1. The molecule has 1 fully saturated rings. The van der Waals surface area contributed by atoms with Gasteiger partial charge in [-0.1, -0.05) is 6.07 Å². The van der Waals surface area contributed by atoms with Gasteiger partial charge < -0.3 is 20.1 Å². The fourth-order valence-electron chi connectivity index (χ4n) is 4.70. The first-order valence-corrected chi connectivity index (χ1v) is 14.1. The van der Waals surface area contributed by atoms with Crippen LogP contribution in [0.3, 0.4) is 0 Å². The summed E-state index contributed by atoms with van der Waals surface area (Å²) in [6.45, 7) is 16.2. The third-order valence-electron chi connectivity index (χ3n) is 6.36. The molecule has 11 heteroatoms. The maximum absolute atomic E-state index is 13.2. The quantitative estimate of drug-likeness (QED) is 0.575. The molecule has 0 spiro atoms. The van der Waals surface area contributed by atoms with Gasteiger partial charge in [0, 0.05) is 41.9 Å². The lowest BCUT2D eigenvalue weighted by Gasteiger charge is -2.29. The monoisotopic (exact) mass is 533 g/mol. The van der Waals surface area contributed by atoms with Crippen LogP contribution in [0.5, 0.6) is 0 Å². The molecule has 2 aliphatic rings. The number of hydrogen-bond acceptors (Lipinski definition) is 7. The summed E-state index contributed by atoms with van der Waals surface area (Å²) in [5.74, 6) is 0.593. The molecule has 2 aromatic rings. The van der Waals surface area contributed by atoms with E-state index < -0.39 is 21.7 Å². The van der Waals surface area contributed by atoms with E-state index in [1.807, 2.05) is 51.4 Å². The molecule has 2 aliphatic heterocycles. The van der Waals surface area contributed by atoms with Gasteiger partial charge in [0.2, 0.25) is 10.0 Å². The van der Waals surface area contributed by atoms with Crippen molar-refractivity contribution in [2.24, 2.45) is 0 Å². The van der Waals surface area contributed by atoms with Crippen molar-refractivity contribution in [3.05, 3.63) is 35.5 Å². The number of carbonyl (C=O) groups is 1. The maximum atomic E-state index is 13.2. The molecular weight excluding hydrogens is 494 g/mol. The Labute approximate surface area is 219 Å². The van der Waals surface area contributed by atoms with Crippen LogP contribution in [0, 0.1) is 0 Å². The maximum Gasteiger partial charge on any atom is 0.407 e. The van der Waals surface area contributed by atoms with Gasteiger partial charge in [0.05, 0.1) is 22.7 Å². The van der Waals surface area contributed by atoms with Gasteiger partial charge in [-0.05, 0) is 67.5 Å². The molecular formula is C26H39N5O5S. The van der Waals surface area contributed by atoms with Crippen molar-refractivity contribution < 1.29 is 22.7 Å². The van der Waals surface area contributed by atoms with E-state index >= 15 is 0 Å². The minimum atomic E-state index is -3.58. The Hall–Kier alpha value is -2.63. The summed E-state index contributed by atoms with van der Waals surface area (Å²) in [5.41, 5.74) is 1.42. The molecule has 1 unspecified atom stereocenters. The molecule has 1 aromatic heterocycles. The third kappa shape index (κ3) is 5.63. The fourth-order valence-corrected chi connectivity index (χ4v) is 6.70. The number of alkyl carbamates (subject to hydrolysis) is 1. The van der Waals surface area contributed by atoms with E-state index in [-0.39, 0.29) is 23.8 Å². The van der Waals surface area contributed by atoms with Crippen molar-refractivity contribution >= 4 is 27.6 Å². The van der Waals surface area contributed by atoms with Gasteiger partial charge >= 0.3 is 6.09 Å². The Bertz CT molecular complexity index is 1270. The van der Waals surface area contributed by atoms with Crippen LogP contribution >= 0.6 is 0 Å². The summed E-state index contributed by atoms with van der Waals surface area (Å²) >= 11 is 0. The number of amides is 1. The Morgan fingerprint density at radius 2 is 1.86 bits per heavy atom. The molecule has 1 amide bonds. The summed E-state index contributed by atoms with van der Waals surface area (Å²) in [6.07, 6.45) is -0.577. The van der Waals surface area contributed by atoms with E-state index in [0.717, 1.165) is 11.3 Å². The molecule has 1 aromatic carbocycles. The van der Waals surface area contributed by atoms with Crippen molar-refractivity contribution in [3.8, 4) is 0 Å². The van der Waals surface area contributed by atoms with Crippen LogP contribution < -0.4 is 10.6 Å². The van der Waals surface area contributed by atoms with Crippen LogP contribution in [0.1, 0.15) is 79.2 Å². The Morgan fingerprint density at radius 3 is 2.49 bits per heavy atom. The number of aromatic nitrogens is 2. The molecule has 1 saturated heterocycles. The van der Waals surface area contributed by atoms with Crippen LogP contribution in [-0.4, -0.2) is 52.9 Å². The number of fused-ring (bicyclic) bond motifs is 1. The second-order valence-corrected chi connectivity index (χ2v) is 13.8. The number of ether oxygens (including phenoxy) is 2. The second-order valence-electron chi connectivity index (χ2n) is 12.0. The lowest BCUT2D eigenvalue weighted by molar-refractivity contribution is 0.0657. The Kier molecular flexibility index (Phi) is 7.11. The summed E-state index contributed by atoms with van der Waals surface area (Å²) < 4.78 is 41.4. The van der Waals surface area contributed by atoms with E-state index in [0.29, 0.717) is 36.0 Å². The van der Waals surface area contributed by atoms with Gasteiger partial charge in [0.15, 0.2) is 5.82 Å². The molecule has 204 valence electrons. The summed E-state index contributed by atoms with van der Waals surface area (Å²) in [7, 11) is -3.58. The molecule has 3 heterocycles. The summed E-state index contributed by atoms with van der Waals surface area (Å²) in [6, 6.07) is 7.20. The van der Waals surface area contributed by atoms with E-state index in [9.17, 15) is 13.2 Å². The lowest BCUT2D eigenvalue weighted by atomic mass is 10.1. The van der Waals surface area contributed by atoms with Gasteiger partial charge in [0.25, 0.3) is 0 Å². The number of sulfonamides is 1. The number of nitrogens with zero attached hydrogens (tertiary/aromatic N) is 3. The zero-order chi connectivity index (χ0) is 27.3. The van der Waals surface area contributed by atoms with Crippen molar-refractivity contribution in [1.29, 1.82) is 0 Å². The number of anilines is 2. The van der Waals surface area contributed by atoms with Crippen LogP contribution in [-0.2, 0) is 31.6 Å². The number of rotatable bonds is 5. The van der Waals surface area contributed by atoms with Crippen LogP contribution in [0.4, 0.5) is 16.3 Å². The minimum Gasteiger partial charge on any atom is -0.444 e. The average molecular weight is 534 g/mol. The van der Waals surface area contributed by atoms with Gasteiger partial charge in [0.1, 0.15) is 12.2 Å². The van der Waals surface area contributed by atoms with Gasteiger partial charge in [-0.25, -0.2) is 13.2 Å². The van der Waals surface area contributed by atoms with E-state index in [2.05, 4.69) is 31.4 Å². The molecule has 4 rings (SSSR count). The van der Waals surface area contributed by atoms with Crippen molar-refractivity contribution in [1.82, 2.24) is 19.4 Å². The predicted octanol–water partition coefficient (Wildman–Crippen LogP) is 4.65. The zero-order valence-electron chi connectivity index (χ0n) is 23.0. The number of nitrogens with one attached hydrogen (secondary N) is 2. The Morgan fingerprint density at radius 1 is 1.16 bits per heavy atom. The fraction of sp³-hybridized carbons (Fsp3) is 0.615. The minimum absolute atomic E-state index is 0.00789. The van der Waals surface area contributed by atoms with Crippen molar-refractivity contribution in [2.45, 2.75) is 103 Å². The molecule has 0 bridgehead atoms. The molecule has 37 heavy (non-hydrogen) atoms. The van der Waals surface area contributed by atoms with E-state index in [4.69, 9.17) is 14.6 Å². The molecule has 2 atom stereocenters. The van der Waals surface area contributed by atoms with Gasteiger partial charge in [-0.3, -0.25) is 4.68 Å². The predicted molar refractivity (Wildman–Crippen MR) is 141 cm³/mol. The number of carbonyl (C=O) groups excluding carboxylic acids is 1. The number of benzene rings is 1. The second kappa shape index (κ2) is 9.59. The van der Waals surface area contributed by atoms with Crippen molar-refractivity contribution in [2.75, 3.05) is 11.9 Å².